The molecule has 3 nitrogen and oxygen atoms in total. The first-order valence-corrected chi connectivity index (χ1v) is 7.62. The van der Waals surface area contributed by atoms with Gasteiger partial charge in [-0.25, -0.2) is 4.39 Å². The van der Waals surface area contributed by atoms with Crippen LogP contribution in [0.3, 0.4) is 0 Å². The van der Waals surface area contributed by atoms with E-state index in [1.54, 1.807) is 12.1 Å². The van der Waals surface area contributed by atoms with Crippen LogP contribution in [0.25, 0.3) is 10.9 Å². The molecule has 0 saturated carbocycles. The molecular weight excluding hydrogens is 291 g/mol. The maximum absolute atomic E-state index is 12.9. The van der Waals surface area contributed by atoms with Crippen LogP contribution in [-0.2, 0) is 13.1 Å². The van der Waals surface area contributed by atoms with E-state index < -0.39 is 0 Å². The van der Waals surface area contributed by atoms with Gasteiger partial charge < -0.3 is 10.3 Å². The van der Waals surface area contributed by atoms with Gasteiger partial charge in [0.25, 0.3) is 5.56 Å². The zero-order valence-corrected chi connectivity index (χ0v) is 13.2. The topological polar surface area (TPSA) is 44.9 Å². The van der Waals surface area contributed by atoms with Crippen molar-refractivity contribution in [2.75, 3.05) is 0 Å². The lowest BCUT2D eigenvalue weighted by Crippen LogP contribution is -2.21. The van der Waals surface area contributed by atoms with Crippen LogP contribution in [0.4, 0.5) is 4.39 Å². The minimum atomic E-state index is -0.245. The Morgan fingerprint density at radius 3 is 2.52 bits per heavy atom. The van der Waals surface area contributed by atoms with E-state index in [-0.39, 0.29) is 11.4 Å². The SMILES string of the molecule is Cc1ccc2cc(CNCc3ccc(F)cc3)c(=O)[nH]c2c1C. The fourth-order valence-corrected chi connectivity index (χ4v) is 2.65. The van der Waals surface area contributed by atoms with Crippen molar-refractivity contribution in [2.45, 2.75) is 26.9 Å². The Kier molecular flexibility index (Phi) is 4.26. The van der Waals surface area contributed by atoms with Crippen molar-refractivity contribution in [3.8, 4) is 0 Å². The smallest absolute Gasteiger partial charge is 0.252 e. The second-order valence-corrected chi connectivity index (χ2v) is 5.83. The molecule has 3 rings (SSSR count). The molecule has 4 heteroatoms. The molecule has 0 aliphatic rings. The van der Waals surface area contributed by atoms with E-state index in [1.165, 1.54) is 12.1 Å². The molecule has 0 radical (unpaired) electrons. The summed E-state index contributed by atoms with van der Waals surface area (Å²) in [4.78, 5) is 15.2. The predicted octanol–water partition coefficient (Wildman–Crippen LogP) is 3.57. The molecule has 0 fully saturated rings. The van der Waals surface area contributed by atoms with Crippen molar-refractivity contribution in [2.24, 2.45) is 0 Å². The maximum atomic E-state index is 12.9. The lowest BCUT2D eigenvalue weighted by Gasteiger charge is -2.09. The number of H-pyrrole nitrogens is 1. The molecule has 3 aromatic rings. The van der Waals surface area contributed by atoms with Crippen molar-refractivity contribution >= 4 is 10.9 Å². The Morgan fingerprint density at radius 2 is 1.78 bits per heavy atom. The molecule has 118 valence electrons. The van der Waals surface area contributed by atoms with Gasteiger partial charge in [0, 0.05) is 18.7 Å². The van der Waals surface area contributed by atoms with Gasteiger partial charge >= 0.3 is 0 Å². The van der Waals surface area contributed by atoms with Gasteiger partial charge in [0.2, 0.25) is 0 Å². The molecule has 0 aliphatic heterocycles. The minimum absolute atomic E-state index is 0.0715. The third-order valence-electron chi connectivity index (χ3n) is 4.19. The molecular formula is C19H19FN2O. The molecule has 0 atom stereocenters. The summed E-state index contributed by atoms with van der Waals surface area (Å²) in [5.41, 5.74) is 4.77. The van der Waals surface area contributed by atoms with Crippen LogP contribution in [0.5, 0.6) is 0 Å². The van der Waals surface area contributed by atoms with E-state index >= 15 is 0 Å². The van der Waals surface area contributed by atoms with E-state index in [1.807, 2.05) is 26.0 Å². The van der Waals surface area contributed by atoms with Crippen LogP contribution in [0.1, 0.15) is 22.3 Å². The van der Waals surface area contributed by atoms with Crippen molar-refractivity contribution in [3.63, 3.8) is 0 Å². The molecule has 1 heterocycles. The summed E-state index contributed by atoms with van der Waals surface area (Å²) in [7, 11) is 0. The second kappa shape index (κ2) is 6.34. The van der Waals surface area contributed by atoms with Gasteiger partial charge in [-0.05, 0) is 54.1 Å². The zero-order valence-electron chi connectivity index (χ0n) is 13.2. The fourth-order valence-electron chi connectivity index (χ4n) is 2.65. The molecule has 2 N–H and O–H groups in total. The van der Waals surface area contributed by atoms with Gasteiger partial charge in [0.05, 0.1) is 5.52 Å². The lowest BCUT2D eigenvalue weighted by atomic mass is 10.0. The number of hydrogen-bond acceptors (Lipinski definition) is 2. The zero-order chi connectivity index (χ0) is 16.4. The normalized spacial score (nSPS) is 11.1. The molecule has 0 unspecified atom stereocenters. The summed E-state index contributed by atoms with van der Waals surface area (Å²) in [5, 5.41) is 4.26. The van der Waals surface area contributed by atoms with Crippen LogP contribution in [0.2, 0.25) is 0 Å². The summed E-state index contributed by atoms with van der Waals surface area (Å²) in [6.45, 7) is 5.10. The molecule has 0 bridgehead atoms. The Labute approximate surface area is 134 Å². The number of pyridine rings is 1. The Balaban J connectivity index is 1.78. The Hall–Kier alpha value is -2.46. The van der Waals surface area contributed by atoms with Gasteiger partial charge in [-0.2, -0.15) is 0 Å². The van der Waals surface area contributed by atoms with Gasteiger partial charge in [-0.3, -0.25) is 4.79 Å². The quantitative estimate of drug-likeness (QED) is 0.774. The standard InChI is InChI=1S/C19H19FN2O/c1-12-3-6-15-9-16(19(23)22-18(15)13(12)2)11-21-10-14-4-7-17(20)8-5-14/h3-9,21H,10-11H2,1-2H3,(H,22,23). The highest BCUT2D eigenvalue weighted by molar-refractivity contribution is 5.83. The average molecular weight is 310 g/mol. The first-order chi connectivity index (χ1) is 11.0. The molecule has 1 aromatic heterocycles. The molecule has 2 aromatic carbocycles. The third kappa shape index (κ3) is 3.32. The van der Waals surface area contributed by atoms with Crippen molar-refractivity contribution in [1.82, 2.24) is 10.3 Å². The van der Waals surface area contributed by atoms with Gasteiger partial charge in [0.15, 0.2) is 0 Å². The monoisotopic (exact) mass is 310 g/mol. The number of rotatable bonds is 4. The van der Waals surface area contributed by atoms with Gasteiger partial charge in [0.1, 0.15) is 5.82 Å². The van der Waals surface area contributed by atoms with Crippen LogP contribution in [-0.4, -0.2) is 4.98 Å². The predicted molar refractivity (Wildman–Crippen MR) is 91.0 cm³/mol. The highest BCUT2D eigenvalue weighted by Gasteiger charge is 2.06. The number of halogens is 1. The third-order valence-corrected chi connectivity index (χ3v) is 4.19. The van der Waals surface area contributed by atoms with E-state index in [2.05, 4.69) is 16.4 Å². The van der Waals surface area contributed by atoms with Gasteiger partial charge in [-0.15, -0.1) is 0 Å². The van der Waals surface area contributed by atoms with Crippen LogP contribution >= 0.6 is 0 Å². The number of hydrogen-bond donors (Lipinski definition) is 2. The fraction of sp³-hybridized carbons (Fsp3) is 0.211. The minimum Gasteiger partial charge on any atom is -0.321 e. The first-order valence-electron chi connectivity index (χ1n) is 7.62. The van der Waals surface area contributed by atoms with Crippen LogP contribution < -0.4 is 10.9 Å². The summed E-state index contributed by atoms with van der Waals surface area (Å²) in [5.74, 6) is -0.245. The number of aromatic nitrogens is 1. The molecule has 0 saturated heterocycles. The van der Waals surface area contributed by atoms with Crippen molar-refractivity contribution in [1.29, 1.82) is 0 Å². The number of benzene rings is 2. The van der Waals surface area contributed by atoms with Gasteiger partial charge in [-0.1, -0.05) is 24.3 Å². The lowest BCUT2D eigenvalue weighted by molar-refractivity contribution is 0.624. The van der Waals surface area contributed by atoms with E-state index in [4.69, 9.17) is 0 Å². The Bertz CT molecular complexity index is 898. The molecule has 23 heavy (non-hydrogen) atoms. The largest absolute Gasteiger partial charge is 0.321 e. The summed E-state index contributed by atoms with van der Waals surface area (Å²) >= 11 is 0. The van der Waals surface area contributed by atoms with Crippen molar-refractivity contribution in [3.05, 3.63) is 80.9 Å². The molecule has 0 aliphatic carbocycles. The van der Waals surface area contributed by atoms with E-state index in [0.717, 1.165) is 27.6 Å². The van der Waals surface area contributed by atoms with Crippen LogP contribution in [0.15, 0.2) is 47.3 Å². The summed E-state index contributed by atoms with van der Waals surface area (Å²) < 4.78 is 12.9. The number of nitrogens with one attached hydrogen (secondary N) is 2. The van der Waals surface area contributed by atoms with E-state index in [9.17, 15) is 9.18 Å². The molecule has 0 amide bonds. The number of aryl methyl sites for hydroxylation is 2. The second-order valence-electron chi connectivity index (χ2n) is 5.83. The first kappa shape index (κ1) is 15.4. The number of fused-ring (bicyclic) bond motifs is 1. The van der Waals surface area contributed by atoms with Crippen LogP contribution in [0, 0.1) is 19.7 Å². The summed E-state index contributed by atoms with van der Waals surface area (Å²) in [6, 6.07) is 12.4. The Morgan fingerprint density at radius 1 is 1.04 bits per heavy atom. The molecule has 0 spiro atoms. The van der Waals surface area contributed by atoms with E-state index in [0.29, 0.717) is 18.7 Å². The number of aromatic amines is 1. The van der Waals surface area contributed by atoms with Crippen molar-refractivity contribution < 1.29 is 4.39 Å². The highest BCUT2D eigenvalue weighted by Crippen LogP contribution is 2.18. The highest BCUT2D eigenvalue weighted by atomic mass is 19.1. The summed E-state index contributed by atoms with van der Waals surface area (Å²) in [6.07, 6.45) is 0. The average Bonchev–Trinajstić information content (AvgIpc) is 2.54. The maximum Gasteiger partial charge on any atom is 0.252 e.